The van der Waals surface area contributed by atoms with Crippen LogP contribution in [-0.2, 0) is 9.59 Å². The molecule has 0 aliphatic carbocycles. The zero-order valence-electron chi connectivity index (χ0n) is 9.27. The van der Waals surface area contributed by atoms with Gasteiger partial charge in [0, 0.05) is 20.1 Å². The molecule has 0 aromatic rings. The van der Waals surface area contributed by atoms with Gasteiger partial charge in [0.2, 0.25) is 5.91 Å². The van der Waals surface area contributed by atoms with Gasteiger partial charge in [-0.2, -0.15) is 0 Å². The molecule has 1 heterocycles. The fraction of sp³-hybridized carbons (Fsp3) is 0.800. The molecule has 1 rings (SSSR count). The summed E-state index contributed by atoms with van der Waals surface area (Å²) in [4.78, 5) is 25.9. The van der Waals surface area contributed by atoms with Gasteiger partial charge in [-0.1, -0.05) is 6.92 Å². The lowest BCUT2D eigenvalue weighted by Crippen LogP contribution is -2.44. The van der Waals surface area contributed by atoms with Gasteiger partial charge in [-0.15, -0.1) is 0 Å². The summed E-state index contributed by atoms with van der Waals surface area (Å²) in [6, 6.07) is -0.527. The molecule has 1 N–H and O–H groups in total. The van der Waals surface area contributed by atoms with E-state index in [1.54, 1.807) is 16.8 Å². The lowest BCUT2D eigenvalue weighted by Gasteiger charge is -2.25. The van der Waals surface area contributed by atoms with Crippen LogP contribution in [-0.4, -0.2) is 59.5 Å². The first-order chi connectivity index (χ1) is 7.06. The van der Waals surface area contributed by atoms with Crippen molar-refractivity contribution < 1.29 is 14.7 Å². The third kappa shape index (κ3) is 2.92. The van der Waals surface area contributed by atoms with E-state index in [1.807, 2.05) is 6.92 Å². The summed E-state index contributed by atoms with van der Waals surface area (Å²) in [5, 5.41) is 9.00. The first-order valence-corrected chi connectivity index (χ1v) is 5.27. The van der Waals surface area contributed by atoms with Gasteiger partial charge < -0.3 is 10.0 Å². The number of aliphatic carboxylic acids is 1. The summed E-state index contributed by atoms with van der Waals surface area (Å²) in [6.07, 6.45) is 1.37. The second kappa shape index (κ2) is 5.11. The van der Waals surface area contributed by atoms with E-state index in [4.69, 9.17) is 5.11 Å². The average Bonchev–Trinajstić information content (AvgIpc) is 2.31. The normalized spacial score (nSPS) is 21.2. The second-order valence-electron chi connectivity index (χ2n) is 3.90. The van der Waals surface area contributed by atoms with Gasteiger partial charge in [-0.3, -0.25) is 14.5 Å². The Labute approximate surface area is 89.7 Å². The molecule has 15 heavy (non-hydrogen) atoms. The largest absolute Gasteiger partial charge is 0.480 e. The van der Waals surface area contributed by atoms with Crippen molar-refractivity contribution in [3.05, 3.63) is 0 Å². The molecule has 0 saturated carbocycles. The van der Waals surface area contributed by atoms with Crippen molar-refractivity contribution in [2.75, 3.05) is 26.7 Å². The number of nitrogens with zero attached hydrogens (tertiary/aromatic N) is 2. The third-order valence-electron chi connectivity index (χ3n) is 2.82. The maximum Gasteiger partial charge on any atom is 0.320 e. The smallest absolute Gasteiger partial charge is 0.320 e. The number of likely N-dealkylation sites (N-methyl/N-ethyl adjacent to an activating group) is 1. The van der Waals surface area contributed by atoms with Gasteiger partial charge in [0.15, 0.2) is 0 Å². The molecule has 0 radical (unpaired) electrons. The highest BCUT2D eigenvalue weighted by atomic mass is 16.4. The van der Waals surface area contributed by atoms with Crippen LogP contribution in [0.15, 0.2) is 0 Å². The van der Waals surface area contributed by atoms with Crippen LogP contribution in [0, 0.1) is 0 Å². The Morgan fingerprint density at radius 2 is 2.20 bits per heavy atom. The quantitative estimate of drug-likeness (QED) is 0.719. The van der Waals surface area contributed by atoms with Crippen molar-refractivity contribution in [1.82, 2.24) is 9.80 Å². The molecule has 1 unspecified atom stereocenters. The predicted molar refractivity (Wildman–Crippen MR) is 55.5 cm³/mol. The molecule has 1 aliphatic heterocycles. The SMILES string of the molecule is CCC(C(=O)O)N1CCCN(C)C(=O)C1. The van der Waals surface area contributed by atoms with E-state index in [1.165, 1.54) is 0 Å². The number of amides is 1. The number of carbonyl (C=O) groups excluding carboxylic acids is 1. The van der Waals surface area contributed by atoms with E-state index in [0.717, 1.165) is 6.42 Å². The Bertz CT molecular complexity index is 255. The summed E-state index contributed by atoms with van der Waals surface area (Å²) in [7, 11) is 1.76. The molecule has 5 heteroatoms. The molecule has 1 amide bonds. The molecule has 0 bridgehead atoms. The summed E-state index contributed by atoms with van der Waals surface area (Å²) < 4.78 is 0. The van der Waals surface area contributed by atoms with E-state index in [2.05, 4.69) is 0 Å². The highest BCUT2D eigenvalue weighted by molar-refractivity contribution is 5.80. The number of carboxylic acids is 1. The number of rotatable bonds is 3. The molecule has 0 spiro atoms. The molecule has 0 aromatic heterocycles. The maximum atomic E-state index is 11.6. The van der Waals surface area contributed by atoms with Crippen molar-refractivity contribution >= 4 is 11.9 Å². The van der Waals surface area contributed by atoms with Crippen LogP contribution in [0.2, 0.25) is 0 Å². The van der Waals surface area contributed by atoms with E-state index in [9.17, 15) is 9.59 Å². The highest BCUT2D eigenvalue weighted by Gasteiger charge is 2.28. The van der Waals surface area contributed by atoms with Gasteiger partial charge in [-0.25, -0.2) is 0 Å². The molecule has 1 saturated heterocycles. The minimum atomic E-state index is -0.838. The summed E-state index contributed by atoms with van der Waals surface area (Å²) in [5.41, 5.74) is 0. The van der Waals surface area contributed by atoms with Crippen molar-refractivity contribution in [3.8, 4) is 0 Å². The van der Waals surface area contributed by atoms with E-state index in [0.29, 0.717) is 19.5 Å². The first kappa shape index (κ1) is 12.0. The zero-order chi connectivity index (χ0) is 11.4. The molecule has 1 fully saturated rings. The zero-order valence-corrected chi connectivity index (χ0v) is 9.27. The minimum Gasteiger partial charge on any atom is -0.480 e. The standard InChI is InChI=1S/C10H18N2O3/c1-3-8(10(14)15)12-6-4-5-11(2)9(13)7-12/h8H,3-7H2,1-2H3,(H,14,15). The number of carbonyl (C=O) groups is 2. The fourth-order valence-electron chi connectivity index (χ4n) is 1.86. The molecule has 86 valence electrons. The van der Waals surface area contributed by atoms with Crippen LogP contribution in [0.3, 0.4) is 0 Å². The van der Waals surface area contributed by atoms with Crippen LogP contribution >= 0.6 is 0 Å². The van der Waals surface area contributed by atoms with Crippen molar-refractivity contribution in [2.24, 2.45) is 0 Å². The van der Waals surface area contributed by atoms with E-state index >= 15 is 0 Å². The van der Waals surface area contributed by atoms with Gasteiger partial charge in [0.05, 0.1) is 6.54 Å². The number of carboxylic acid groups (broad SMARTS) is 1. The lowest BCUT2D eigenvalue weighted by molar-refractivity contribution is -0.144. The molecular weight excluding hydrogens is 196 g/mol. The van der Waals surface area contributed by atoms with Crippen LogP contribution < -0.4 is 0 Å². The Balaban J connectivity index is 2.68. The van der Waals surface area contributed by atoms with Crippen LogP contribution in [0.25, 0.3) is 0 Å². The maximum absolute atomic E-state index is 11.6. The fourth-order valence-corrected chi connectivity index (χ4v) is 1.86. The van der Waals surface area contributed by atoms with Crippen LogP contribution in [0.4, 0.5) is 0 Å². The van der Waals surface area contributed by atoms with E-state index < -0.39 is 12.0 Å². The molecular formula is C10H18N2O3. The third-order valence-corrected chi connectivity index (χ3v) is 2.82. The van der Waals surface area contributed by atoms with Crippen molar-refractivity contribution in [3.63, 3.8) is 0 Å². The van der Waals surface area contributed by atoms with Crippen LogP contribution in [0.5, 0.6) is 0 Å². The van der Waals surface area contributed by atoms with Gasteiger partial charge in [0.1, 0.15) is 6.04 Å². The average molecular weight is 214 g/mol. The topological polar surface area (TPSA) is 60.9 Å². The number of hydrogen-bond acceptors (Lipinski definition) is 3. The summed E-state index contributed by atoms with van der Waals surface area (Å²) >= 11 is 0. The Hall–Kier alpha value is -1.10. The van der Waals surface area contributed by atoms with Crippen LogP contribution in [0.1, 0.15) is 19.8 Å². The molecule has 1 aliphatic rings. The van der Waals surface area contributed by atoms with E-state index in [-0.39, 0.29) is 12.5 Å². The summed E-state index contributed by atoms with van der Waals surface area (Å²) in [6.45, 7) is 3.45. The summed E-state index contributed by atoms with van der Waals surface area (Å²) in [5.74, 6) is -0.831. The highest BCUT2D eigenvalue weighted by Crippen LogP contribution is 2.09. The van der Waals surface area contributed by atoms with Crippen molar-refractivity contribution in [2.45, 2.75) is 25.8 Å². The minimum absolute atomic E-state index is 0.00667. The van der Waals surface area contributed by atoms with Gasteiger partial charge in [-0.05, 0) is 12.8 Å². The molecule has 1 atom stereocenters. The first-order valence-electron chi connectivity index (χ1n) is 5.27. The van der Waals surface area contributed by atoms with Gasteiger partial charge >= 0.3 is 5.97 Å². The predicted octanol–water partition coefficient (Wildman–Crippen LogP) is 0.0137. The lowest BCUT2D eigenvalue weighted by atomic mass is 10.2. The Morgan fingerprint density at radius 1 is 1.53 bits per heavy atom. The van der Waals surface area contributed by atoms with Gasteiger partial charge in [0.25, 0.3) is 0 Å². The monoisotopic (exact) mass is 214 g/mol. The Morgan fingerprint density at radius 3 is 2.73 bits per heavy atom. The van der Waals surface area contributed by atoms with Crippen molar-refractivity contribution in [1.29, 1.82) is 0 Å². The Kier molecular flexibility index (Phi) is 4.08. The number of hydrogen-bond donors (Lipinski definition) is 1. The molecule has 5 nitrogen and oxygen atoms in total. The second-order valence-corrected chi connectivity index (χ2v) is 3.90. The molecule has 0 aromatic carbocycles.